The number of hydrogen-bond donors (Lipinski definition) is 1. The summed E-state index contributed by atoms with van der Waals surface area (Å²) in [6.07, 6.45) is -4.75. The molecule has 0 aliphatic heterocycles. The Bertz CT molecular complexity index is 965. The molecule has 0 bridgehead atoms. The van der Waals surface area contributed by atoms with Crippen LogP contribution in [0.25, 0.3) is 0 Å². The minimum atomic E-state index is -4.75. The zero-order chi connectivity index (χ0) is 23.2. The Hall–Kier alpha value is -3.50. The first-order valence-corrected chi connectivity index (χ1v) is 9.05. The maximum Gasteiger partial charge on any atom is 0.416 e. The van der Waals surface area contributed by atoms with Crippen molar-refractivity contribution < 1.29 is 36.8 Å². The Kier molecular flexibility index (Phi) is 7.67. The first-order chi connectivity index (χ1) is 14.5. The van der Waals surface area contributed by atoms with Gasteiger partial charge in [0, 0.05) is 4.92 Å². The first kappa shape index (κ1) is 23.8. The van der Waals surface area contributed by atoms with Gasteiger partial charge in [-0.3, -0.25) is 19.7 Å². The fourth-order valence-corrected chi connectivity index (χ4v) is 2.97. The van der Waals surface area contributed by atoms with Gasteiger partial charge in [0.15, 0.2) is 0 Å². The molecule has 7 nitrogen and oxygen atoms in total. The molecule has 0 aromatic heterocycles. The predicted molar refractivity (Wildman–Crippen MR) is 101 cm³/mol. The maximum absolute atomic E-state index is 13.9. The van der Waals surface area contributed by atoms with Crippen LogP contribution in [0.3, 0.4) is 0 Å². The lowest BCUT2D eigenvalue weighted by Crippen LogP contribution is -2.38. The number of para-hydroxylation sites is 1. The monoisotopic (exact) mass is 442 g/mol. The van der Waals surface area contributed by atoms with Crippen molar-refractivity contribution in [2.24, 2.45) is 5.92 Å². The topological polar surface area (TPSA) is 98.5 Å². The quantitative estimate of drug-likeness (QED) is 0.219. The molecule has 0 aliphatic carbocycles. The number of carbonyl (C=O) groups excluding carboxylic acids is 2. The lowest BCUT2D eigenvalue weighted by Gasteiger charge is -2.23. The molecule has 2 atom stereocenters. The smallest absolute Gasteiger partial charge is 0.416 e. The summed E-state index contributed by atoms with van der Waals surface area (Å²) < 4.78 is 58.1. The van der Waals surface area contributed by atoms with E-state index < -0.39 is 52.7 Å². The number of ether oxygens (including phenoxy) is 1. The van der Waals surface area contributed by atoms with Crippen molar-refractivity contribution in [1.29, 1.82) is 0 Å². The van der Waals surface area contributed by atoms with Gasteiger partial charge in [-0.1, -0.05) is 30.3 Å². The number of esters is 1. The summed E-state index contributed by atoms with van der Waals surface area (Å²) in [6.45, 7) is 0.210. The van der Waals surface area contributed by atoms with Crippen LogP contribution in [-0.4, -0.2) is 30.0 Å². The molecule has 31 heavy (non-hydrogen) atoms. The summed E-state index contributed by atoms with van der Waals surface area (Å²) in [4.78, 5) is 35.7. The molecule has 1 unspecified atom stereocenters. The number of rotatable bonds is 8. The number of benzene rings is 2. The van der Waals surface area contributed by atoms with E-state index in [2.05, 4.69) is 5.32 Å². The molecule has 11 heteroatoms. The molecule has 1 amide bonds. The van der Waals surface area contributed by atoms with Crippen LogP contribution in [0.15, 0.2) is 48.5 Å². The minimum absolute atomic E-state index is 0.184. The van der Waals surface area contributed by atoms with Crippen molar-refractivity contribution in [3.8, 4) is 0 Å². The molecule has 166 valence electrons. The number of amides is 1. The third kappa shape index (κ3) is 6.24. The van der Waals surface area contributed by atoms with Crippen LogP contribution in [0.1, 0.15) is 24.0 Å². The van der Waals surface area contributed by atoms with Gasteiger partial charge in [-0.25, -0.2) is 4.39 Å². The van der Waals surface area contributed by atoms with Crippen LogP contribution in [-0.2, 0) is 20.5 Å². The van der Waals surface area contributed by atoms with Gasteiger partial charge < -0.3 is 10.1 Å². The molecule has 0 radical (unpaired) electrons. The SMILES string of the molecule is CCOC(=O)C(C(=O)Nc1ccccc1F)[C@H](C[N+](=O)[O-])c1cccc(C(F)(F)F)c1. The normalized spacial score (nSPS) is 13.2. The fraction of sp³-hybridized carbons (Fsp3) is 0.300. The van der Waals surface area contributed by atoms with Crippen LogP contribution in [0.4, 0.5) is 23.2 Å². The molecule has 0 saturated carbocycles. The Morgan fingerprint density at radius 3 is 2.42 bits per heavy atom. The number of halogens is 4. The average molecular weight is 442 g/mol. The second-order valence-electron chi connectivity index (χ2n) is 6.44. The van der Waals surface area contributed by atoms with Crippen LogP contribution >= 0.6 is 0 Å². The van der Waals surface area contributed by atoms with E-state index in [1.807, 2.05) is 0 Å². The lowest BCUT2D eigenvalue weighted by molar-refractivity contribution is -0.484. The fourth-order valence-electron chi connectivity index (χ4n) is 2.97. The number of carbonyl (C=O) groups is 2. The summed E-state index contributed by atoms with van der Waals surface area (Å²) in [7, 11) is 0. The summed E-state index contributed by atoms with van der Waals surface area (Å²) in [5.41, 5.74) is -1.66. The van der Waals surface area contributed by atoms with Gasteiger partial charge in [0.05, 0.1) is 23.8 Å². The Balaban J connectivity index is 2.52. The van der Waals surface area contributed by atoms with E-state index in [0.717, 1.165) is 24.3 Å². The Labute approximate surface area is 174 Å². The van der Waals surface area contributed by atoms with Crippen LogP contribution in [0, 0.1) is 21.8 Å². The van der Waals surface area contributed by atoms with Crippen molar-refractivity contribution in [1.82, 2.24) is 0 Å². The molecular weight excluding hydrogens is 424 g/mol. The summed E-state index contributed by atoms with van der Waals surface area (Å²) in [5, 5.41) is 13.4. The highest BCUT2D eigenvalue weighted by atomic mass is 19.4. The van der Waals surface area contributed by atoms with Gasteiger partial charge >= 0.3 is 12.1 Å². The second-order valence-corrected chi connectivity index (χ2v) is 6.44. The number of alkyl halides is 3. The van der Waals surface area contributed by atoms with Gasteiger partial charge in [-0.05, 0) is 30.7 Å². The lowest BCUT2D eigenvalue weighted by atomic mass is 9.84. The minimum Gasteiger partial charge on any atom is -0.465 e. The standard InChI is InChI=1S/C20H18F4N2O5/c1-2-31-19(28)17(18(27)25-16-9-4-3-8-15(16)21)14(11-26(29)30)12-6-5-7-13(10-12)20(22,23)24/h3-10,14,17H,2,11H2,1H3,(H,25,27)/t14-,17?/m1/s1. The van der Waals surface area contributed by atoms with Crippen LogP contribution in [0.2, 0.25) is 0 Å². The van der Waals surface area contributed by atoms with Crippen molar-refractivity contribution in [2.45, 2.75) is 19.0 Å². The molecule has 2 aromatic carbocycles. The number of nitrogens with zero attached hydrogens (tertiary/aromatic N) is 1. The maximum atomic E-state index is 13.9. The molecule has 0 aliphatic rings. The zero-order valence-corrected chi connectivity index (χ0v) is 16.2. The average Bonchev–Trinajstić information content (AvgIpc) is 2.68. The molecule has 0 spiro atoms. The van der Waals surface area contributed by atoms with Crippen LogP contribution in [0.5, 0.6) is 0 Å². The molecule has 0 saturated heterocycles. The molecule has 1 N–H and O–H groups in total. The second kappa shape index (κ2) is 10.0. The molecule has 2 aromatic rings. The zero-order valence-electron chi connectivity index (χ0n) is 16.2. The van der Waals surface area contributed by atoms with Crippen molar-refractivity contribution in [2.75, 3.05) is 18.5 Å². The van der Waals surface area contributed by atoms with Crippen molar-refractivity contribution >= 4 is 17.6 Å². The van der Waals surface area contributed by atoms with E-state index >= 15 is 0 Å². The van der Waals surface area contributed by atoms with E-state index in [1.54, 1.807) is 0 Å². The van der Waals surface area contributed by atoms with E-state index in [4.69, 9.17) is 4.74 Å². The Morgan fingerprint density at radius 2 is 1.84 bits per heavy atom. The van der Waals surface area contributed by atoms with Gasteiger partial charge in [-0.15, -0.1) is 0 Å². The summed E-state index contributed by atoms with van der Waals surface area (Å²) in [6, 6.07) is 8.54. The Morgan fingerprint density at radius 1 is 1.16 bits per heavy atom. The highest BCUT2D eigenvalue weighted by molar-refractivity contribution is 6.05. The van der Waals surface area contributed by atoms with E-state index in [9.17, 15) is 37.3 Å². The van der Waals surface area contributed by atoms with Crippen LogP contribution < -0.4 is 5.32 Å². The predicted octanol–water partition coefficient (Wildman–Crippen LogP) is 4.02. The number of nitrogens with one attached hydrogen (secondary N) is 1. The van der Waals surface area contributed by atoms with Crippen molar-refractivity contribution in [3.05, 3.63) is 75.6 Å². The van der Waals surface area contributed by atoms with E-state index in [1.165, 1.54) is 25.1 Å². The third-order valence-corrected chi connectivity index (χ3v) is 4.34. The van der Waals surface area contributed by atoms with Gasteiger partial charge in [0.25, 0.3) is 0 Å². The van der Waals surface area contributed by atoms with E-state index in [0.29, 0.717) is 6.07 Å². The largest absolute Gasteiger partial charge is 0.465 e. The third-order valence-electron chi connectivity index (χ3n) is 4.34. The highest BCUT2D eigenvalue weighted by Crippen LogP contribution is 2.34. The summed E-state index contributed by atoms with van der Waals surface area (Å²) >= 11 is 0. The van der Waals surface area contributed by atoms with Gasteiger partial charge in [0.2, 0.25) is 12.5 Å². The number of nitro groups is 1. The number of anilines is 1. The highest BCUT2D eigenvalue weighted by Gasteiger charge is 2.41. The number of hydrogen-bond acceptors (Lipinski definition) is 5. The summed E-state index contributed by atoms with van der Waals surface area (Å²) in [5.74, 6) is -6.65. The van der Waals surface area contributed by atoms with E-state index in [-0.39, 0.29) is 17.9 Å². The van der Waals surface area contributed by atoms with Gasteiger partial charge in [-0.2, -0.15) is 13.2 Å². The first-order valence-electron chi connectivity index (χ1n) is 9.05. The molecule has 0 heterocycles. The van der Waals surface area contributed by atoms with Gasteiger partial charge in [0.1, 0.15) is 11.7 Å². The van der Waals surface area contributed by atoms with Crippen molar-refractivity contribution in [3.63, 3.8) is 0 Å². The molecule has 0 fully saturated rings. The molecule has 2 rings (SSSR count). The molecular formula is C20H18F4N2O5.